The Morgan fingerprint density at radius 2 is 2.19 bits per heavy atom. The molecule has 0 saturated heterocycles. The minimum absolute atomic E-state index is 0.591. The summed E-state index contributed by atoms with van der Waals surface area (Å²) in [6.07, 6.45) is 5.89. The van der Waals surface area contributed by atoms with Crippen LogP contribution in [0.4, 0.5) is 0 Å². The van der Waals surface area contributed by atoms with Crippen LogP contribution < -0.4 is 0 Å². The van der Waals surface area contributed by atoms with Crippen molar-refractivity contribution in [2.75, 3.05) is 0 Å². The van der Waals surface area contributed by atoms with Crippen LogP contribution in [0, 0.1) is 11.3 Å². The number of benzene rings is 1. The normalized spacial score (nSPS) is 18.2. The molecule has 0 bridgehead atoms. The van der Waals surface area contributed by atoms with Crippen molar-refractivity contribution in [2.45, 2.75) is 33.1 Å². The number of nitrogens with one attached hydrogen (secondary N) is 1. The predicted molar refractivity (Wildman–Crippen MR) is 66.3 cm³/mol. The van der Waals surface area contributed by atoms with Gasteiger partial charge in [-0.2, -0.15) is 5.10 Å². The maximum atomic E-state index is 4.06. The SMILES string of the molecule is CC(C)C1(Cc2ccc3cn[nH]c3c2)CC1. The Bertz CT molecular complexity index is 506. The van der Waals surface area contributed by atoms with Crippen molar-refractivity contribution in [3.63, 3.8) is 0 Å². The van der Waals surface area contributed by atoms with Gasteiger partial charge in [0.25, 0.3) is 0 Å². The van der Waals surface area contributed by atoms with Gasteiger partial charge in [-0.1, -0.05) is 26.0 Å². The van der Waals surface area contributed by atoms with E-state index in [2.05, 4.69) is 42.2 Å². The number of rotatable bonds is 3. The van der Waals surface area contributed by atoms with Gasteiger partial charge in [-0.05, 0) is 42.2 Å². The van der Waals surface area contributed by atoms with Gasteiger partial charge in [-0.15, -0.1) is 0 Å². The lowest BCUT2D eigenvalue weighted by molar-refractivity contribution is 0.357. The summed E-state index contributed by atoms with van der Waals surface area (Å²) in [7, 11) is 0. The van der Waals surface area contributed by atoms with Gasteiger partial charge in [-0.25, -0.2) is 0 Å². The van der Waals surface area contributed by atoms with Crippen LogP contribution >= 0.6 is 0 Å². The molecule has 1 N–H and O–H groups in total. The molecule has 1 aliphatic rings. The lowest BCUT2D eigenvalue weighted by atomic mass is 9.86. The zero-order chi connectivity index (χ0) is 11.2. The van der Waals surface area contributed by atoms with Crippen LogP contribution in [0.1, 0.15) is 32.3 Å². The molecule has 16 heavy (non-hydrogen) atoms. The van der Waals surface area contributed by atoms with Crippen molar-refractivity contribution >= 4 is 10.9 Å². The molecule has 84 valence electrons. The summed E-state index contributed by atoms with van der Waals surface area (Å²) in [5.41, 5.74) is 3.20. The summed E-state index contributed by atoms with van der Waals surface area (Å²) in [6.45, 7) is 4.70. The minimum Gasteiger partial charge on any atom is -0.278 e. The first-order valence-corrected chi connectivity index (χ1v) is 6.12. The molecule has 2 nitrogen and oxygen atoms in total. The maximum absolute atomic E-state index is 4.06. The van der Waals surface area contributed by atoms with Crippen molar-refractivity contribution in [3.8, 4) is 0 Å². The molecule has 1 heterocycles. The van der Waals surface area contributed by atoms with Gasteiger partial charge in [0.2, 0.25) is 0 Å². The van der Waals surface area contributed by atoms with Crippen LogP contribution in [0.2, 0.25) is 0 Å². The molecule has 0 amide bonds. The molecule has 3 rings (SSSR count). The first-order valence-electron chi connectivity index (χ1n) is 6.12. The van der Waals surface area contributed by atoms with E-state index in [0.717, 1.165) is 11.4 Å². The van der Waals surface area contributed by atoms with Crippen molar-refractivity contribution < 1.29 is 0 Å². The monoisotopic (exact) mass is 214 g/mol. The van der Waals surface area contributed by atoms with Crippen LogP contribution in [0.5, 0.6) is 0 Å². The van der Waals surface area contributed by atoms with Crippen LogP contribution in [0.25, 0.3) is 10.9 Å². The summed E-state index contributed by atoms with van der Waals surface area (Å²) in [5, 5.41) is 8.32. The van der Waals surface area contributed by atoms with E-state index < -0.39 is 0 Å². The van der Waals surface area contributed by atoms with Gasteiger partial charge in [-0.3, -0.25) is 5.10 Å². The van der Waals surface area contributed by atoms with Gasteiger partial charge < -0.3 is 0 Å². The molecule has 2 aromatic rings. The summed E-state index contributed by atoms with van der Waals surface area (Å²) in [4.78, 5) is 0. The number of fused-ring (bicyclic) bond motifs is 1. The first-order chi connectivity index (χ1) is 7.70. The van der Waals surface area contributed by atoms with Gasteiger partial charge >= 0.3 is 0 Å². The molecule has 0 unspecified atom stereocenters. The average molecular weight is 214 g/mol. The molecule has 0 radical (unpaired) electrons. The molecular weight excluding hydrogens is 196 g/mol. The fraction of sp³-hybridized carbons (Fsp3) is 0.500. The van der Waals surface area contributed by atoms with Crippen molar-refractivity contribution in [3.05, 3.63) is 30.0 Å². The van der Waals surface area contributed by atoms with Gasteiger partial charge in [0.1, 0.15) is 0 Å². The third-order valence-corrected chi connectivity index (χ3v) is 4.18. The zero-order valence-electron chi connectivity index (χ0n) is 9.96. The van der Waals surface area contributed by atoms with E-state index in [1.54, 1.807) is 0 Å². The molecule has 1 aromatic carbocycles. The second-order valence-corrected chi connectivity index (χ2v) is 5.49. The third-order valence-electron chi connectivity index (χ3n) is 4.18. The van der Waals surface area contributed by atoms with Gasteiger partial charge in [0, 0.05) is 5.39 Å². The molecular formula is C14H18N2. The number of hydrogen-bond acceptors (Lipinski definition) is 1. The average Bonchev–Trinajstić information content (AvgIpc) is 2.90. The number of aromatic amines is 1. The predicted octanol–water partition coefficient (Wildman–Crippen LogP) is 3.54. The van der Waals surface area contributed by atoms with E-state index >= 15 is 0 Å². The standard InChI is InChI=1S/C14H18N2/c1-10(2)14(5-6-14)8-11-3-4-12-9-15-16-13(12)7-11/h3-4,7,9-10H,5-6,8H2,1-2H3,(H,15,16). The Kier molecular flexibility index (Phi) is 2.06. The molecule has 0 spiro atoms. The van der Waals surface area contributed by atoms with E-state index in [-0.39, 0.29) is 0 Å². The van der Waals surface area contributed by atoms with Crippen LogP contribution in [-0.4, -0.2) is 10.2 Å². The summed E-state index contributed by atoms with van der Waals surface area (Å²) < 4.78 is 0. The lowest BCUT2D eigenvalue weighted by Crippen LogP contribution is -2.12. The lowest BCUT2D eigenvalue weighted by Gasteiger charge is -2.19. The Labute approximate surface area is 96.1 Å². The number of H-pyrrole nitrogens is 1. The van der Waals surface area contributed by atoms with E-state index in [4.69, 9.17) is 0 Å². The second-order valence-electron chi connectivity index (χ2n) is 5.49. The maximum Gasteiger partial charge on any atom is 0.0653 e. The van der Waals surface area contributed by atoms with E-state index in [9.17, 15) is 0 Å². The second kappa shape index (κ2) is 3.34. The quantitative estimate of drug-likeness (QED) is 0.831. The first kappa shape index (κ1) is 9.88. The summed E-state index contributed by atoms with van der Waals surface area (Å²) in [6, 6.07) is 6.68. The molecule has 1 aromatic heterocycles. The Balaban J connectivity index is 1.89. The smallest absolute Gasteiger partial charge is 0.0653 e. The highest BCUT2D eigenvalue weighted by molar-refractivity contribution is 5.78. The molecule has 1 fully saturated rings. The van der Waals surface area contributed by atoms with Crippen LogP contribution in [-0.2, 0) is 6.42 Å². The Morgan fingerprint density at radius 3 is 2.88 bits per heavy atom. The van der Waals surface area contributed by atoms with Crippen molar-refractivity contribution in [1.82, 2.24) is 10.2 Å². The zero-order valence-corrected chi connectivity index (χ0v) is 9.96. The summed E-state index contributed by atoms with van der Waals surface area (Å²) >= 11 is 0. The fourth-order valence-electron chi connectivity index (χ4n) is 2.62. The highest BCUT2D eigenvalue weighted by Crippen LogP contribution is 2.54. The Morgan fingerprint density at radius 1 is 1.38 bits per heavy atom. The minimum atomic E-state index is 0.591. The molecule has 2 heteroatoms. The Hall–Kier alpha value is -1.31. The fourth-order valence-corrected chi connectivity index (χ4v) is 2.62. The third kappa shape index (κ3) is 1.53. The van der Waals surface area contributed by atoms with Crippen LogP contribution in [0.3, 0.4) is 0 Å². The number of hydrogen-bond donors (Lipinski definition) is 1. The molecule has 1 aliphatic carbocycles. The highest BCUT2D eigenvalue weighted by atomic mass is 15.1. The van der Waals surface area contributed by atoms with E-state index in [1.165, 1.54) is 30.2 Å². The van der Waals surface area contributed by atoms with E-state index in [1.807, 2.05) is 6.20 Å². The van der Waals surface area contributed by atoms with Crippen molar-refractivity contribution in [1.29, 1.82) is 0 Å². The van der Waals surface area contributed by atoms with E-state index in [0.29, 0.717) is 5.41 Å². The largest absolute Gasteiger partial charge is 0.278 e. The van der Waals surface area contributed by atoms with Gasteiger partial charge in [0.15, 0.2) is 0 Å². The topological polar surface area (TPSA) is 28.7 Å². The highest BCUT2D eigenvalue weighted by Gasteiger charge is 2.44. The molecule has 0 atom stereocenters. The number of nitrogens with zero attached hydrogens (tertiary/aromatic N) is 1. The molecule has 0 aliphatic heterocycles. The summed E-state index contributed by atoms with van der Waals surface area (Å²) in [5.74, 6) is 0.796. The van der Waals surface area contributed by atoms with Crippen molar-refractivity contribution in [2.24, 2.45) is 11.3 Å². The number of aromatic nitrogens is 2. The van der Waals surface area contributed by atoms with Crippen LogP contribution in [0.15, 0.2) is 24.4 Å². The molecule has 1 saturated carbocycles. The van der Waals surface area contributed by atoms with Gasteiger partial charge in [0.05, 0.1) is 11.7 Å².